The number of aliphatic imine (C=N–C) groups is 1. The van der Waals surface area contributed by atoms with Crippen LogP contribution in [-0.2, 0) is 6.54 Å². The van der Waals surface area contributed by atoms with Gasteiger partial charge in [-0.2, -0.15) is 0 Å². The minimum Gasteiger partial charge on any atom is -0.490 e. The van der Waals surface area contributed by atoms with Crippen molar-refractivity contribution in [2.75, 3.05) is 37.7 Å². The van der Waals surface area contributed by atoms with Crippen molar-refractivity contribution in [1.82, 2.24) is 15.6 Å². The Morgan fingerprint density at radius 1 is 1.06 bits per heavy atom. The van der Waals surface area contributed by atoms with Crippen molar-refractivity contribution in [2.45, 2.75) is 53.1 Å². The normalized spacial score (nSPS) is 14.4. The molecule has 1 saturated heterocycles. The summed E-state index contributed by atoms with van der Waals surface area (Å²) in [6.45, 7) is 12.9. The van der Waals surface area contributed by atoms with Gasteiger partial charge in [-0.3, -0.25) is 0 Å². The number of aromatic nitrogens is 1. The van der Waals surface area contributed by atoms with E-state index in [-0.39, 0.29) is 30.0 Å². The third kappa shape index (κ3) is 7.94. The highest BCUT2D eigenvalue weighted by Crippen LogP contribution is 2.30. The summed E-state index contributed by atoms with van der Waals surface area (Å²) in [7, 11) is 0. The first kappa shape index (κ1) is 27.0. The van der Waals surface area contributed by atoms with E-state index in [1.807, 2.05) is 32.2 Å². The van der Waals surface area contributed by atoms with Crippen LogP contribution in [0.1, 0.15) is 57.7 Å². The average Bonchev–Trinajstić information content (AvgIpc) is 3.34. The molecule has 1 atom stereocenters. The van der Waals surface area contributed by atoms with Gasteiger partial charge in [0.25, 0.3) is 0 Å². The Morgan fingerprint density at radius 3 is 2.42 bits per heavy atom. The molecule has 0 bridgehead atoms. The van der Waals surface area contributed by atoms with Gasteiger partial charge in [0.2, 0.25) is 0 Å². The summed E-state index contributed by atoms with van der Waals surface area (Å²) in [4.78, 5) is 11.7. The Balaban J connectivity index is 0.00000385. The summed E-state index contributed by atoms with van der Waals surface area (Å²) >= 11 is 0. The van der Waals surface area contributed by atoms with Gasteiger partial charge in [-0.05, 0) is 69.9 Å². The lowest BCUT2D eigenvalue weighted by Gasteiger charge is -2.20. The van der Waals surface area contributed by atoms with Crippen molar-refractivity contribution in [2.24, 2.45) is 4.99 Å². The number of rotatable bonds is 10. The van der Waals surface area contributed by atoms with Crippen LogP contribution in [0.4, 0.5) is 5.82 Å². The molecule has 0 amide bonds. The van der Waals surface area contributed by atoms with E-state index in [4.69, 9.17) is 14.5 Å². The zero-order valence-electron chi connectivity index (χ0n) is 20.3. The maximum atomic E-state index is 5.78. The molecule has 3 rings (SSSR count). The number of pyridine rings is 1. The number of hydrogen-bond donors (Lipinski definition) is 2. The highest BCUT2D eigenvalue weighted by molar-refractivity contribution is 14.0. The van der Waals surface area contributed by atoms with Gasteiger partial charge in [-0.15, -0.1) is 24.0 Å². The second-order valence-corrected chi connectivity index (χ2v) is 7.85. The smallest absolute Gasteiger partial charge is 0.192 e. The molecule has 182 valence electrons. The van der Waals surface area contributed by atoms with Gasteiger partial charge >= 0.3 is 0 Å². The molecule has 8 heteroatoms. The molecule has 2 aromatic rings. The van der Waals surface area contributed by atoms with E-state index in [9.17, 15) is 0 Å². The van der Waals surface area contributed by atoms with E-state index in [0.29, 0.717) is 19.8 Å². The van der Waals surface area contributed by atoms with Crippen LogP contribution in [0.15, 0.2) is 41.5 Å². The van der Waals surface area contributed by atoms with Crippen LogP contribution in [-0.4, -0.2) is 43.8 Å². The van der Waals surface area contributed by atoms with E-state index < -0.39 is 0 Å². The number of halogens is 1. The minimum atomic E-state index is 0. The average molecular weight is 568 g/mol. The lowest BCUT2D eigenvalue weighted by Crippen LogP contribution is -2.38. The maximum absolute atomic E-state index is 5.78. The number of benzene rings is 1. The minimum absolute atomic E-state index is 0. The number of hydrogen-bond acceptors (Lipinski definition) is 5. The van der Waals surface area contributed by atoms with E-state index in [0.717, 1.165) is 54.0 Å². The molecule has 33 heavy (non-hydrogen) atoms. The van der Waals surface area contributed by atoms with Gasteiger partial charge < -0.3 is 25.0 Å². The van der Waals surface area contributed by atoms with Crippen molar-refractivity contribution in [3.8, 4) is 11.5 Å². The van der Waals surface area contributed by atoms with Crippen molar-refractivity contribution >= 4 is 35.8 Å². The molecule has 0 spiro atoms. The molecule has 1 aliphatic heterocycles. The standard InChI is InChI=1S/C25H37N5O2.HI/c1-5-26-25(28-18-20-10-13-24(27-17-20)30-14-8-9-15-30)29-19(4)21-11-12-22(31-6-2)23(16-21)32-7-3;/h10-13,16-17,19H,5-9,14-15,18H2,1-4H3,(H2,26,28,29);1H. The topological polar surface area (TPSA) is 71.0 Å². The highest BCUT2D eigenvalue weighted by Gasteiger charge is 2.14. The van der Waals surface area contributed by atoms with Crippen LogP contribution in [0.3, 0.4) is 0 Å². The fourth-order valence-electron chi connectivity index (χ4n) is 3.76. The lowest BCUT2D eigenvalue weighted by molar-refractivity contribution is 0.287. The van der Waals surface area contributed by atoms with Crippen molar-refractivity contribution in [3.05, 3.63) is 47.7 Å². The monoisotopic (exact) mass is 567 g/mol. The molecule has 1 fully saturated rings. The molecule has 7 nitrogen and oxygen atoms in total. The molecule has 1 unspecified atom stereocenters. The predicted octanol–water partition coefficient (Wildman–Crippen LogP) is 4.91. The fraction of sp³-hybridized carbons (Fsp3) is 0.520. The summed E-state index contributed by atoms with van der Waals surface area (Å²) in [6.07, 6.45) is 4.44. The van der Waals surface area contributed by atoms with Crippen LogP contribution in [0.2, 0.25) is 0 Å². The molecule has 0 radical (unpaired) electrons. The van der Waals surface area contributed by atoms with Crippen molar-refractivity contribution in [1.29, 1.82) is 0 Å². The first-order valence-corrected chi connectivity index (χ1v) is 11.8. The van der Waals surface area contributed by atoms with Gasteiger partial charge in [-0.25, -0.2) is 9.98 Å². The summed E-state index contributed by atoms with van der Waals surface area (Å²) < 4.78 is 11.5. The van der Waals surface area contributed by atoms with E-state index in [1.54, 1.807) is 0 Å². The summed E-state index contributed by atoms with van der Waals surface area (Å²) in [5.41, 5.74) is 2.21. The van der Waals surface area contributed by atoms with Crippen molar-refractivity contribution < 1.29 is 9.47 Å². The number of ether oxygens (including phenoxy) is 2. The molecular formula is C25H38IN5O2. The second kappa shape index (κ2) is 14.1. The van der Waals surface area contributed by atoms with Gasteiger partial charge in [0.15, 0.2) is 17.5 Å². The quantitative estimate of drug-likeness (QED) is 0.242. The fourth-order valence-corrected chi connectivity index (χ4v) is 3.76. The molecule has 2 heterocycles. The largest absolute Gasteiger partial charge is 0.490 e. The number of anilines is 1. The summed E-state index contributed by atoms with van der Waals surface area (Å²) in [5.74, 6) is 3.38. The van der Waals surface area contributed by atoms with Gasteiger partial charge in [-0.1, -0.05) is 12.1 Å². The van der Waals surface area contributed by atoms with Gasteiger partial charge in [0, 0.05) is 25.8 Å². The number of nitrogens with one attached hydrogen (secondary N) is 2. The maximum Gasteiger partial charge on any atom is 0.192 e. The van der Waals surface area contributed by atoms with Crippen LogP contribution in [0.5, 0.6) is 11.5 Å². The van der Waals surface area contributed by atoms with Crippen LogP contribution in [0.25, 0.3) is 0 Å². The van der Waals surface area contributed by atoms with E-state index in [1.165, 1.54) is 12.8 Å². The van der Waals surface area contributed by atoms with E-state index in [2.05, 4.69) is 52.6 Å². The number of guanidine groups is 1. The molecule has 0 saturated carbocycles. The van der Waals surface area contributed by atoms with Crippen LogP contribution >= 0.6 is 24.0 Å². The zero-order valence-corrected chi connectivity index (χ0v) is 22.6. The van der Waals surface area contributed by atoms with Crippen LogP contribution in [0, 0.1) is 0 Å². The predicted molar refractivity (Wildman–Crippen MR) is 146 cm³/mol. The zero-order chi connectivity index (χ0) is 22.8. The summed E-state index contributed by atoms with van der Waals surface area (Å²) in [6, 6.07) is 10.4. The Morgan fingerprint density at radius 2 is 1.79 bits per heavy atom. The molecule has 1 aromatic heterocycles. The Kier molecular flexibility index (Phi) is 11.6. The Labute approximate surface area is 215 Å². The lowest BCUT2D eigenvalue weighted by atomic mass is 10.1. The molecule has 2 N–H and O–H groups in total. The first-order chi connectivity index (χ1) is 15.6. The Bertz CT molecular complexity index is 870. The third-order valence-electron chi connectivity index (χ3n) is 5.42. The molecule has 1 aromatic carbocycles. The highest BCUT2D eigenvalue weighted by atomic mass is 127. The summed E-state index contributed by atoms with van der Waals surface area (Å²) in [5, 5.41) is 6.83. The van der Waals surface area contributed by atoms with Crippen LogP contribution < -0.4 is 25.0 Å². The number of nitrogens with zero attached hydrogens (tertiary/aromatic N) is 3. The Hall–Kier alpha value is -2.23. The SMILES string of the molecule is CCNC(=NCc1ccc(N2CCCC2)nc1)NC(C)c1ccc(OCC)c(OCC)c1.I. The van der Waals surface area contributed by atoms with E-state index >= 15 is 0 Å². The molecule has 1 aliphatic rings. The van der Waals surface area contributed by atoms with Gasteiger partial charge in [0.1, 0.15) is 5.82 Å². The third-order valence-corrected chi connectivity index (χ3v) is 5.42. The molecular weight excluding hydrogens is 529 g/mol. The van der Waals surface area contributed by atoms with Gasteiger partial charge in [0.05, 0.1) is 25.8 Å². The first-order valence-electron chi connectivity index (χ1n) is 11.8. The second-order valence-electron chi connectivity index (χ2n) is 7.85. The van der Waals surface area contributed by atoms with Crippen molar-refractivity contribution in [3.63, 3.8) is 0 Å². The molecule has 0 aliphatic carbocycles.